The summed E-state index contributed by atoms with van der Waals surface area (Å²) in [5, 5.41) is 3.28. The van der Waals surface area contributed by atoms with Crippen LogP contribution in [0.25, 0.3) is 0 Å². The number of nitrogens with one attached hydrogen (secondary N) is 1. The minimum Gasteiger partial charge on any atom is -0.317 e. The van der Waals surface area contributed by atoms with Gasteiger partial charge in [0.1, 0.15) is 0 Å². The quantitative estimate of drug-likeness (QED) is 0.795. The molecule has 0 spiro atoms. The Labute approximate surface area is 98.9 Å². The van der Waals surface area contributed by atoms with Crippen molar-refractivity contribution in [2.45, 2.75) is 38.9 Å². The van der Waals surface area contributed by atoms with Gasteiger partial charge in [0, 0.05) is 31.0 Å². The molecular formula is C13H23N3. The van der Waals surface area contributed by atoms with E-state index in [1.165, 1.54) is 5.56 Å². The lowest BCUT2D eigenvalue weighted by atomic mass is 10.1. The van der Waals surface area contributed by atoms with E-state index in [2.05, 4.69) is 48.2 Å². The van der Waals surface area contributed by atoms with Crippen molar-refractivity contribution in [2.24, 2.45) is 0 Å². The van der Waals surface area contributed by atoms with Gasteiger partial charge in [0.15, 0.2) is 0 Å². The van der Waals surface area contributed by atoms with Gasteiger partial charge in [-0.2, -0.15) is 0 Å². The molecule has 90 valence electrons. The maximum absolute atomic E-state index is 4.03. The van der Waals surface area contributed by atoms with Gasteiger partial charge in [0.25, 0.3) is 0 Å². The molecule has 2 atom stereocenters. The predicted octanol–water partition coefficient (Wildman–Crippen LogP) is 1.90. The first-order valence-corrected chi connectivity index (χ1v) is 5.90. The number of hydrogen-bond donors (Lipinski definition) is 1. The van der Waals surface area contributed by atoms with Crippen LogP contribution in [0.1, 0.15) is 25.8 Å². The van der Waals surface area contributed by atoms with Crippen LogP contribution < -0.4 is 5.32 Å². The van der Waals surface area contributed by atoms with E-state index < -0.39 is 0 Å². The molecule has 0 fully saturated rings. The van der Waals surface area contributed by atoms with Crippen molar-refractivity contribution in [1.82, 2.24) is 15.2 Å². The van der Waals surface area contributed by atoms with Crippen LogP contribution in [-0.2, 0) is 6.54 Å². The van der Waals surface area contributed by atoms with Crippen LogP contribution >= 0.6 is 0 Å². The van der Waals surface area contributed by atoms with Crippen LogP contribution in [0.5, 0.6) is 0 Å². The highest BCUT2D eigenvalue weighted by Gasteiger charge is 2.12. The number of pyridine rings is 1. The van der Waals surface area contributed by atoms with Gasteiger partial charge in [0.2, 0.25) is 0 Å². The number of aromatic nitrogens is 1. The Bertz CT molecular complexity index is 286. The van der Waals surface area contributed by atoms with Gasteiger partial charge in [-0.3, -0.25) is 9.88 Å². The lowest BCUT2D eigenvalue weighted by Crippen LogP contribution is -2.35. The van der Waals surface area contributed by atoms with E-state index in [0.717, 1.165) is 13.0 Å². The normalized spacial score (nSPS) is 15.1. The molecule has 0 saturated heterocycles. The zero-order valence-electron chi connectivity index (χ0n) is 10.8. The first-order valence-electron chi connectivity index (χ1n) is 5.90. The summed E-state index contributed by atoms with van der Waals surface area (Å²) in [5.41, 5.74) is 1.32. The first-order chi connectivity index (χ1) is 7.63. The summed E-state index contributed by atoms with van der Waals surface area (Å²) >= 11 is 0. The molecule has 1 heterocycles. The zero-order chi connectivity index (χ0) is 12.0. The van der Waals surface area contributed by atoms with Crippen molar-refractivity contribution in [2.75, 3.05) is 14.1 Å². The average Bonchev–Trinajstić information content (AvgIpc) is 2.30. The zero-order valence-corrected chi connectivity index (χ0v) is 10.8. The Morgan fingerprint density at radius 1 is 1.31 bits per heavy atom. The van der Waals surface area contributed by atoms with Crippen molar-refractivity contribution >= 4 is 0 Å². The Kier molecular flexibility index (Phi) is 5.43. The summed E-state index contributed by atoms with van der Waals surface area (Å²) in [6, 6.07) is 5.29. The fraction of sp³-hybridized carbons (Fsp3) is 0.615. The van der Waals surface area contributed by atoms with Crippen LogP contribution in [0.15, 0.2) is 24.5 Å². The highest BCUT2D eigenvalue weighted by molar-refractivity contribution is 5.09. The summed E-state index contributed by atoms with van der Waals surface area (Å²) in [6.45, 7) is 5.48. The maximum Gasteiger partial charge on any atom is 0.0271 e. The molecule has 0 saturated carbocycles. The molecule has 0 aromatic carbocycles. The SMILES string of the molecule is CNC(C)CC(C)N(C)Cc1ccncc1. The van der Waals surface area contributed by atoms with E-state index in [1.54, 1.807) is 0 Å². The summed E-state index contributed by atoms with van der Waals surface area (Å²) in [4.78, 5) is 6.41. The molecule has 0 amide bonds. The maximum atomic E-state index is 4.03. The van der Waals surface area contributed by atoms with E-state index in [4.69, 9.17) is 0 Å². The van der Waals surface area contributed by atoms with Crippen molar-refractivity contribution in [1.29, 1.82) is 0 Å². The van der Waals surface area contributed by atoms with Gasteiger partial charge in [-0.1, -0.05) is 0 Å². The van der Waals surface area contributed by atoms with Crippen molar-refractivity contribution in [3.63, 3.8) is 0 Å². The molecule has 16 heavy (non-hydrogen) atoms. The molecule has 2 unspecified atom stereocenters. The van der Waals surface area contributed by atoms with Crippen LogP contribution in [-0.4, -0.2) is 36.1 Å². The van der Waals surface area contributed by atoms with Gasteiger partial charge >= 0.3 is 0 Å². The second-order valence-electron chi connectivity index (χ2n) is 4.55. The van der Waals surface area contributed by atoms with Crippen LogP contribution in [0.2, 0.25) is 0 Å². The molecule has 1 aromatic heterocycles. The molecule has 0 aliphatic carbocycles. The summed E-state index contributed by atoms with van der Waals surface area (Å²) in [6.07, 6.45) is 4.87. The highest BCUT2D eigenvalue weighted by Crippen LogP contribution is 2.09. The van der Waals surface area contributed by atoms with Gasteiger partial charge < -0.3 is 5.32 Å². The molecule has 3 heteroatoms. The van der Waals surface area contributed by atoms with Crippen molar-refractivity contribution < 1.29 is 0 Å². The summed E-state index contributed by atoms with van der Waals surface area (Å²) < 4.78 is 0. The smallest absolute Gasteiger partial charge is 0.0271 e. The highest BCUT2D eigenvalue weighted by atomic mass is 15.1. The summed E-state index contributed by atoms with van der Waals surface area (Å²) in [5.74, 6) is 0. The van der Waals surface area contributed by atoms with E-state index >= 15 is 0 Å². The van der Waals surface area contributed by atoms with Crippen LogP contribution in [0, 0.1) is 0 Å². The van der Waals surface area contributed by atoms with E-state index in [-0.39, 0.29) is 0 Å². The lowest BCUT2D eigenvalue weighted by Gasteiger charge is -2.27. The second kappa shape index (κ2) is 6.61. The Hall–Kier alpha value is -0.930. The molecule has 1 N–H and O–H groups in total. The Morgan fingerprint density at radius 2 is 1.94 bits per heavy atom. The molecule has 0 aliphatic heterocycles. The average molecular weight is 221 g/mol. The van der Waals surface area contributed by atoms with E-state index in [1.807, 2.05) is 19.4 Å². The third-order valence-electron chi connectivity index (χ3n) is 3.12. The molecule has 3 nitrogen and oxygen atoms in total. The monoisotopic (exact) mass is 221 g/mol. The van der Waals surface area contributed by atoms with Crippen molar-refractivity contribution in [3.05, 3.63) is 30.1 Å². The molecule has 0 aliphatic rings. The number of hydrogen-bond acceptors (Lipinski definition) is 3. The number of nitrogens with zero attached hydrogens (tertiary/aromatic N) is 2. The molecule has 0 radical (unpaired) electrons. The van der Waals surface area contributed by atoms with E-state index in [0.29, 0.717) is 12.1 Å². The fourth-order valence-corrected chi connectivity index (χ4v) is 1.74. The second-order valence-corrected chi connectivity index (χ2v) is 4.55. The largest absolute Gasteiger partial charge is 0.317 e. The van der Waals surface area contributed by atoms with E-state index in [9.17, 15) is 0 Å². The van der Waals surface area contributed by atoms with Gasteiger partial charge in [-0.15, -0.1) is 0 Å². The Morgan fingerprint density at radius 3 is 2.50 bits per heavy atom. The minimum absolute atomic E-state index is 0.565. The molecule has 1 rings (SSSR count). The Balaban J connectivity index is 2.43. The minimum atomic E-state index is 0.565. The summed E-state index contributed by atoms with van der Waals surface area (Å²) in [7, 11) is 4.19. The van der Waals surface area contributed by atoms with Gasteiger partial charge in [-0.25, -0.2) is 0 Å². The topological polar surface area (TPSA) is 28.2 Å². The van der Waals surface area contributed by atoms with Crippen LogP contribution in [0.4, 0.5) is 0 Å². The molecular weight excluding hydrogens is 198 g/mol. The molecule has 1 aromatic rings. The first kappa shape index (κ1) is 13.1. The fourth-order valence-electron chi connectivity index (χ4n) is 1.74. The third kappa shape index (κ3) is 4.29. The predicted molar refractivity (Wildman–Crippen MR) is 68.3 cm³/mol. The number of rotatable bonds is 6. The van der Waals surface area contributed by atoms with Crippen molar-refractivity contribution in [3.8, 4) is 0 Å². The third-order valence-corrected chi connectivity index (χ3v) is 3.12. The van der Waals surface area contributed by atoms with Gasteiger partial charge in [-0.05, 0) is 52.1 Å². The lowest BCUT2D eigenvalue weighted by molar-refractivity contribution is 0.224. The van der Waals surface area contributed by atoms with Crippen LogP contribution in [0.3, 0.4) is 0 Å². The molecule has 0 bridgehead atoms. The standard InChI is InChI=1S/C13H23N3/c1-11(14-3)9-12(2)16(4)10-13-5-7-15-8-6-13/h5-8,11-12,14H,9-10H2,1-4H3. The van der Waals surface area contributed by atoms with Gasteiger partial charge in [0.05, 0.1) is 0 Å².